The standard InChI is InChI=1S/C11H17NO4/c13-9-3-1-2-8(11(9)12(15)16)6-10(14)7-4-5-7/h7-9,11,13H,1-6H2/t8-,9-,11-/m1/s1. The van der Waals surface area contributed by atoms with E-state index in [2.05, 4.69) is 0 Å². The SMILES string of the molecule is O=C(C[C@H]1CCC[C@@H](O)[C@@H]1[N+](=O)[O-])C1CC1. The van der Waals surface area contributed by atoms with Crippen molar-refractivity contribution in [3.63, 3.8) is 0 Å². The Morgan fingerprint density at radius 2 is 2.00 bits per heavy atom. The van der Waals surface area contributed by atoms with E-state index in [1.165, 1.54) is 0 Å². The van der Waals surface area contributed by atoms with Crippen LogP contribution in [0.3, 0.4) is 0 Å². The molecule has 2 rings (SSSR count). The van der Waals surface area contributed by atoms with Gasteiger partial charge in [0.2, 0.25) is 6.04 Å². The largest absolute Gasteiger partial charge is 0.386 e. The number of ketones is 1. The van der Waals surface area contributed by atoms with E-state index in [4.69, 9.17) is 0 Å². The number of rotatable bonds is 4. The first kappa shape index (κ1) is 11.5. The number of hydrogen-bond acceptors (Lipinski definition) is 4. The zero-order valence-electron chi connectivity index (χ0n) is 9.17. The molecular weight excluding hydrogens is 210 g/mol. The quantitative estimate of drug-likeness (QED) is 0.577. The molecule has 2 aliphatic rings. The molecule has 0 bridgehead atoms. The summed E-state index contributed by atoms with van der Waals surface area (Å²) in [7, 11) is 0. The van der Waals surface area contributed by atoms with E-state index < -0.39 is 17.1 Å². The van der Waals surface area contributed by atoms with Gasteiger partial charge in [0.25, 0.3) is 0 Å². The highest BCUT2D eigenvalue weighted by Crippen LogP contribution is 2.36. The van der Waals surface area contributed by atoms with E-state index in [-0.39, 0.29) is 24.0 Å². The third kappa shape index (κ3) is 2.40. The molecule has 2 saturated carbocycles. The lowest BCUT2D eigenvalue weighted by molar-refractivity contribution is -0.547. The zero-order chi connectivity index (χ0) is 11.7. The van der Waals surface area contributed by atoms with Crippen molar-refractivity contribution in [3.05, 3.63) is 10.1 Å². The van der Waals surface area contributed by atoms with Gasteiger partial charge in [-0.25, -0.2) is 0 Å². The minimum Gasteiger partial charge on any atom is -0.386 e. The zero-order valence-corrected chi connectivity index (χ0v) is 9.17. The first-order chi connectivity index (χ1) is 7.59. The van der Waals surface area contributed by atoms with Crippen LogP contribution in [-0.2, 0) is 4.79 Å². The van der Waals surface area contributed by atoms with Crippen molar-refractivity contribution >= 4 is 5.78 Å². The number of aliphatic hydroxyl groups excluding tert-OH is 1. The van der Waals surface area contributed by atoms with Crippen LogP contribution in [0.5, 0.6) is 0 Å². The van der Waals surface area contributed by atoms with Crippen LogP contribution < -0.4 is 0 Å². The number of hydrogen-bond donors (Lipinski definition) is 1. The molecule has 0 aromatic heterocycles. The Morgan fingerprint density at radius 1 is 1.31 bits per heavy atom. The van der Waals surface area contributed by atoms with Crippen molar-refractivity contribution in [2.45, 2.75) is 50.7 Å². The normalized spacial score (nSPS) is 34.7. The molecule has 0 aromatic rings. The van der Waals surface area contributed by atoms with E-state index in [9.17, 15) is 20.0 Å². The Balaban J connectivity index is 1.98. The van der Waals surface area contributed by atoms with E-state index in [1.807, 2.05) is 0 Å². The third-order valence-corrected chi connectivity index (χ3v) is 3.69. The summed E-state index contributed by atoms with van der Waals surface area (Å²) in [5.41, 5.74) is 0. The Labute approximate surface area is 94.0 Å². The monoisotopic (exact) mass is 227 g/mol. The van der Waals surface area contributed by atoms with E-state index in [0.29, 0.717) is 12.8 Å². The van der Waals surface area contributed by atoms with Crippen molar-refractivity contribution in [2.24, 2.45) is 11.8 Å². The van der Waals surface area contributed by atoms with Gasteiger partial charge in [-0.05, 0) is 25.7 Å². The molecule has 5 heteroatoms. The molecule has 0 heterocycles. The van der Waals surface area contributed by atoms with Gasteiger partial charge in [-0.1, -0.05) is 6.42 Å². The van der Waals surface area contributed by atoms with Gasteiger partial charge in [-0.3, -0.25) is 14.9 Å². The van der Waals surface area contributed by atoms with Gasteiger partial charge in [0.15, 0.2) is 0 Å². The lowest BCUT2D eigenvalue weighted by Crippen LogP contribution is -2.44. The lowest BCUT2D eigenvalue weighted by atomic mass is 9.79. The van der Waals surface area contributed by atoms with Crippen LogP contribution >= 0.6 is 0 Å². The fraction of sp³-hybridized carbons (Fsp3) is 0.909. The average molecular weight is 227 g/mol. The van der Waals surface area contributed by atoms with Crippen LogP contribution in [0, 0.1) is 22.0 Å². The summed E-state index contributed by atoms with van der Waals surface area (Å²) in [5, 5.41) is 20.5. The van der Waals surface area contributed by atoms with Crippen molar-refractivity contribution in [2.75, 3.05) is 0 Å². The highest BCUT2D eigenvalue weighted by Gasteiger charge is 2.43. The van der Waals surface area contributed by atoms with Gasteiger partial charge < -0.3 is 5.11 Å². The maximum absolute atomic E-state index is 11.6. The topological polar surface area (TPSA) is 80.4 Å². The molecule has 0 saturated heterocycles. The van der Waals surface area contributed by atoms with Crippen LogP contribution in [-0.4, -0.2) is 28.0 Å². The summed E-state index contributed by atoms with van der Waals surface area (Å²) in [6.07, 6.45) is 3.26. The molecule has 1 N–H and O–H groups in total. The predicted molar refractivity (Wildman–Crippen MR) is 56.5 cm³/mol. The summed E-state index contributed by atoms with van der Waals surface area (Å²) in [6, 6.07) is -0.934. The molecule has 0 amide bonds. The summed E-state index contributed by atoms with van der Waals surface area (Å²) in [5.74, 6) is 0.0595. The van der Waals surface area contributed by atoms with Crippen molar-refractivity contribution in [3.8, 4) is 0 Å². The molecule has 0 radical (unpaired) electrons. The summed E-state index contributed by atoms with van der Waals surface area (Å²) >= 11 is 0. The second-order valence-corrected chi connectivity index (χ2v) is 4.98. The summed E-state index contributed by atoms with van der Waals surface area (Å²) < 4.78 is 0. The Hall–Kier alpha value is -0.970. The molecule has 0 unspecified atom stereocenters. The van der Waals surface area contributed by atoms with Crippen molar-refractivity contribution < 1.29 is 14.8 Å². The average Bonchev–Trinajstić information content (AvgIpc) is 2.99. The minimum absolute atomic E-state index is 0.158. The molecule has 2 fully saturated rings. The second kappa shape index (κ2) is 4.49. The van der Waals surface area contributed by atoms with Crippen molar-refractivity contribution in [1.82, 2.24) is 0 Å². The smallest absolute Gasteiger partial charge is 0.241 e. The fourth-order valence-electron chi connectivity index (χ4n) is 2.61. The van der Waals surface area contributed by atoms with E-state index >= 15 is 0 Å². The molecule has 16 heavy (non-hydrogen) atoms. The van der Waals surface area contributed by atoms with E-state index in [0.717, 1.165) is 19.3 Å². The molecule has 5 nitrogen and oxygen atoms in total. The van der Waals surface area contributed by atoms with Gasteiger partial charge in [-0.2, -0.15) is 0 Å². The maximum Gasteiger partial charge on any atom is 0.241 e. The molecule has 0 aromatic carbocycles. The predicted octanol–water partition coefficient (Wildman–Crippen LogP) is 1.16. The van der Waals surface area contributed by atoms with Gasteiger partial charge >= 0.3 is 0 Å². The molecular formula is C11H17NO4. The molecule has 90 valence electrons. The number of nitro groups is 1. The Kier molecular flexibility index (Phi) is 3.23. The minimum atomic E-state index is -0.934. The fourth-order valence-corrected chi connectivity index (χ4v) is 2.61. The molecule has 3 atom stereocenters. The van der Waals surface area contributed by atoms with Gasteiger partial charge in [0.1, 0.15) is 11.9 Å². The van der Waals surface area contributed by atoms with Gasteiger partial charge in [0, 0.05) is 23.2 Å². The lowest BCUT2D eigenvalue weighted by Gasteiger charge is -2.28. The highest BCUT2D eigenvalue weighted by atomic mass is 16.6. The molecule has 2 aliphatic carbocycles. The number of nitrogens with zero attached hydrogens (tertiary/aromatic N) is 1. The third-order valence-electron chi connectivity index (χ3n) is 3.69. The highest BCUT2D eigenvalue weighted by molar-refractivity contribution is 5.83. The van der Waals surface area contributed by atoms with Crippen LogP contribution in [0.1, 0.15) is 38.5 Å². The van der Waals surface area contributed by atoms with Crippen LogP contribution in [0.4, 0.5) is 0 Å². The number of Topliss-reactive ketones (excluding diaryl/α,β-unsaturated/α-hetero) is 1. The van der Waals surface area contributed by atoms with Crippen molar-refractivity contribution in [1.29, 1.82) is 0 Å². The van der Waals surface area contributed by atoms with Crippen LogP contribution in [0.2, 0.25) is 0 Å². The number of carbonyl (C=O) groups excluding carboxylic acids is 1. The summed E-state index contributed by atoms with van der Waals surface area (Å²) in [4.78, 5) is 22.1. The number of aliphatic hydroxyl groups is 1. The second-order valence-electron chi connectivity index (χ2n) is 4.98. The molecule has 0 aliphatic heterocycles. The molecule has 0 spiro atoms. The van der Waals surface area contributed by atoms with E-state index in [1.54, 1.807) is 0 Å². The first-order valence-electron chi connectivity index (χ1n) is 5.94. The van der Waals surface area contributed by atoms with Crippen LogP contribution in [0.15, 0.2) is 0 Å². The number of carbonyl (C=O) groups is 1. The van der Waals surface area contributed by atoms with Gasteiger partial charge in [0.05, 0.1) is 0 Å². The first-order valence-corrected chi connectivity index (χ1v) is 5.94. The summed E-state index contributed by atoms with van der Waals surface area (Å²) in [6.45, 7) is 0. The Bertz CT molecular complexity index is 300. The Morgan fingerprint density at radius 3 is 2.56 bits per heavy atom. The van der Waals surface area contributed by atoms with Gasteiger partial charge in [-0.15, -0.1) is 0 Å². The maximum atomic E-state index is 11.6. The van der Waals surface area contributed by atoms with Crippen LogP contribution in [0.25, 0.3) is 0 Å².